The van der Waals surface area contributed by atoms with E-state index in [-0.39, 0.29) is 24.3 Å². The van der Waals surface area contributed by atoms with Crippen LogP contribution in [0.4, 0.5) is 0 Å². The number of piperidine rings is 1. The van der Waals surface area contributed by atoms with Crippen LogP contribution >= 0.6 is 0 Å². The van der Waals surface area contributed by atoms with Gasteiger partial charge in [-0.3, -0.25) is 9.59 Å². The molecule has 0 aliphatic carbocycles. The molecule has 1 rings (SSSR count). The molecule has 7 nitrogen and oxygen atoms in total. The summed E-state index contributed by atoms with van der Waals surface area (Å²) in [5, 5.41) is 19.8. The summed E-state index contributed by atoms with van der Waals surface area (Å²) in [6, 6.07) is 0. The van der Waals surface area contributed by atoms with Crippen molar-refractivity contribution in [3.05, 3.63) is 12.2 Å². The standard InChI is InChI=1S/C13H20N2O5/c16-9-1-6-14-13(20)10-4-7-15(8-5-10)11(17)2-3-12(18)19/h2-3,10,16H,1,4-9H2,(H,14,20)(H,18,19)/b3-2+. The molecule has 1 saturated heterocycles. The third-order valence-corrected chi connectivity index (χ3v) is 3.18. The summed E-state index contributed by atoms with van der Waals surface area (Å²) in [6.07, 6.45) is 3.51. The number of hydrogen-bond acceptors (Lipinski definition) is 4. The monoisotopic (exact) mass is 284 g/mol. The van der Waals surface area contributed by atoms with E-state index in [0.717, 1.165) is 12.2 Å². The second kappa shape index (κ2) is 8.31. The van der Waals surface area contributed by atoms with Gasteiger partial charge in [0.2, 0.25) is 11.8 Å². The zero-order valence-corrected chi connectivity index (χ0v) is 11.2. The Morgan fingerprint density at radius 2 is 1.85 bits per heavy atom. The van der Waals surface area contributed by atoms with Gasteiger partial charge in [-0.2, -0.15) is 0 Å². The van der Waals surface area contributed by atoms with Gasteiger partial charge >= 0.3 is 5.97 Å². The predicted octanol–water partition coefficient (Wildman–Crippen LogP) is -0.636. The number of aliphatic hydroxyl groups is 1. The molecule has 0 radical (unpaired) electrons. The minimum Gasteiger partial charge on any atom is -0.478 e. The highest BCUT2D eigenvalue weighted by Gasteiger charge is 2.26. The molecule has 0 unspecified atom stereocenters. The van der Waals surface area contributed by atoms with Crippen LogP contribution in [-0.4, -0.2) is 59.1 Å². The van der Waals surface area contributed by atoms with Crippen LogP contribution in [0.3, 0.4) is 0 Å². The summed E-state index contributed by atoms with van der Waals surface area (Å²) in [5.41, 5.74) is 0. The van der Waals surface area contributed by atoms with Gasteiger partial charge in [0.1, 0.15) is 0 Å². The number of nitrogens with one attached hydrogen (secondary N) is 1. The van der Waals surface area contributed by atoms with E-state index in [1.165, 1.54) is 4.90 Å². The first-order valence-corrected chi connectivity index (χ1v) is 6.63. The molecule has 0 spiro atoms. The normalized spacial score (nSPS) is 16.4. The minimum atomic E-state index is -1.16. The highest BCUT2D eigenvalue weighted by Crippen LogP contribution is 2.17. The van der Waals surface area contributed by atoms with E-state index in [1.54, 1.807) is 0 Å². The molecule has 1 heterocycles. The molecule has 0 bridgehead atoms. The summed E-state index contributed by atoms with van der Waals surface area (Å²) in [7, 11) is 0. The zero-order chi connectivity index (χ0) is 15.0. The van der Waals surface area contributed by atoms with Crippen molar-refractivity contribution in [2.24, 2.45) is 5.92 Å². The van der Waals surface area contributed by atoms with Crippen LogP contribution in [0.15, 0.2) is 12.2 Å². The quantitative estimate of drug-likeness (QED) is 0.444. The Kier molecular flexibility index (Phi) is 6.72. The van der Waals surface area contributed by atoms with Crippen LogP contribution in [0, 0.1) is 5.92 Å². The summed E-state index contributed by atoms with van der Waals surface area (Å²) in [5.74, 6) is -1.67. The maximum Gasteiger partial charge on any atom is 0.328 e. The number of carboxylic acids is 1. The van der Waals surface area contributed by atoms with Crippen LogP contribution in [0.2, 0.25) is 0 Å². The molecule has 0 aromatic heterocycles. The second-order valence-electron chi connectivity index (χ2n) is 4.64. The van der Waals surface area contributed by atoms with Gasteiger partial charge in [0, 0.05) is 44.3 Å². The largest absolute Gasteiger partial charge is 0.478 e. The molecule has 0 aromatic rings. The average Bonchev–Trinajstić information content (AvgIpc) is 2.45. The summed E-state index contributed by atoms with van der Waals surface area (Å²) in [6.45, 7) is 1.39. The van der Waals surface area contributed by atoms with Crippen LogP contribution in [0.25, 0.3) is 0 Å². The van der Waals surface area contributed by atoms with Crippen molar-refractivity contribution in [1.82, 2.24) is 10.2 Å². The van der Waals surface area contributed by atoms with Crippen molar-refractivity contribution in [3.8, 4) is 0 Å². The van der Waals surface area contributed by atoms with Crippen molar-refractivity contribution in [2.45, 2.75) is 19.3 Å². The molecule has 0 atom stereocenters. The Balaban J connectivity index is 2.34. The number of hydrogen-bond donors (Lipinski definition) is 3. The third kappa shape index (κ3) is 5.40. The number of carbonyl (C=O) groups excluding carboxylic acids is 2. The topological polar surface area (TPSA) is 107 Å². The van der Waals surface area contributed by atoms with E-state index in [9.17, 15) is 14.4 Å². The lowest BCUT2D eigenvalue weighted by atomic mass is 9.96. The Morgan fingerprint density at radius 3 is 2.40 bits per heavy atom. The molecule has 20 heavy (non-hydrogen) atoms. The molecular weight excluding hydrogens is 264 g/mol. The van der Waals surface area contributed by atoms with E-state index in [1.807, 2.05) is 0 Å². The van der Waals surface area contributed by atoms with Gasteiger partial charge in [0.25, 0.3) is 0 Å². The molecule has 3 N–H and O–H groups in total. The first-order valence-electron chi connectivity index (χ1n) is 6.63. The van der Waals surface area contributed by atoms with E-state index < -0.39 is 5.97 Å². The van der Waals surface area contributed by atoms with Crippen molar-refractivity contribution in [3.63, 3.8) is 0 Å². The number of aliphatic hydroxyl groups excluding tert-OH is 1. The Hall–Kier alpha value is -1.89. The number of likely N-dealkylation sites (tertiary alicyclic amines) is 1. The molecule has 0 saturated carbocycles. The molecule has 1 aliphatic rings. The molecule has 112 valence electrons. The molecule has 2 amide bonds. The SMILES string of the molecule is O=C(O)/C=C/C(=O)N1CCC(C(=O)NCCCO)CC1. The van der Waals surface area contributed by atoms with E-state index >= 15 is 0 Å². The number of amides is 2. The smallest absolute Gasteiger partial charge is 0.328 e. The first-order chi connectivity index (χ1) is 9.54. The molecule has 1 fully saturated rings. The number of aliphatic carboxylic acids is 1. The lowest BCUT2D eigenvalue weighted by molar-refractivity contribution is -0.133. The van der Waals surface area contributed by atoms with Crippen LogP contribution in [0.5, 0.6) is 0 Å². The fourth-order valence-corrected chi connectivity index (χ4v) is 2.05. The van der Waals surface area contributed by atoms with Crippen molar-refractivity contribution >= 4 is 17.8 Å². The minimum absolute atomic E-state index is 0.0448. The van der Waals surface area contributed by atoms with Gasteiger partial charge in [0.15, 0.2) is 0 Å². The number of rotatable bonds is 6. The maximum atomic E-state index is 11.8. The molecule has 1 aliphatic heterocycles. The van der Waals surface area contributed by atoms with E-state index in [0.29, 0.717) is 38.9 Å². The third-order valence-electron chi connectivity index (χ3n) is 3.18. The van der Waals surface area contributed by atoms with Crippen LogP contribution in [-0.2, 0) is 14.4 Å². The van der Waals surface area contributed by atoms with Crippen molar-refractivity contribution in [1.29, 1.82) is 0 Å². The Bertz CT molecular complexity index is 386. The second-order valence-corrected chi connectivity index (χ2v) is 4.64. The number of nitrogens with zero attached hydrogens (tertiary/aromatic N) is 1. The fourth-order valence-electron chi connectivity index (χ4n) is 2.05. The van der Waals surface area contributed by atoms with Gasteiger partial charge in [-0.15, -0.1) is 0 Å². The summed E-state index contributed by atoms with van der Waals surface area (Å²) in [4.78, 5) is 35.3. The van der Waals surface area contributed by atoms with Crippen molar-refractivity contribution in [2.75, 3.05) is 26.2 Å². The average molecular weight is 284 g/mol. The first kappa shape index (κ1) is 16.2. The highest BCUT2D eigenvalue weighted by atomic mass is 16.4. The zero-order valence-electron chi connectivity index (χ0n) is 11.2. The van der Waals surface area contributed by atoms with Gasteiger partial charge in [-0.05, 0) is 19.3 Å². The summed E-state index contributed by atoms with van der Waals surface area (Å²) >= 11 is 0. The molecule has 7 heteroatoms. The lowest BCUT2D eigenvalue weighted by Crippen LogP contribution is -2.42. The lowest BCUT2D eigenvalue weighted by Gasteiger charge is -2.30. The van der Waals surface area contributed by atoms with E-state index in [2.05, 4.69) is 5.32 Å². The predicted molar refractivity (Wildman–Crippen MR) is 70.8 cm³/mol. The fraction of sp³-hybridized carbons (Fsp3) is 0.615. The number of carboxylic acid groups (broad SMARTS) is 1. The Morgan fingerprint density at radius 1 is 1.20 bits per heavy atom. The number of carbonyl (C=O) groups is 3. The van der Waals surface area contributed by atoms with E-state index in [4.69, 9.17) is 10.2 Å². The van der Waals surface area contributed by atoms with Crippen LogP contribution in [0.1, 0.15) is 19.3 Å². The van der Waals surface area contributed by atoms with Gasteiger partial charge in [0.05, 0.1) is 0 Å². The molecular formula is C13H20N2O5. The molecule has 0 aromatic carbocycles. The summed E-state index contributed by atoms with van der Waals surface area (Å²) < 4.78 is 0. The maximum absolute atomic E-state index is 11.8. The van der Waals surface area contributed by atoms with Crippen molar-refractivity contribution < 1.29 is 24.6 Å². The van der Waals surface area contributed by atoms with Gasteiger partial charge < -0.3 is 20.4 Å². The van der Waals surface area contributed by atoms with Gasteiger partial charge in [-0.25, -0.2) is 4.79 Å². The highest BCUT2D eigenvalue weighted by molar-refractivity contribution is 5.94. The van der Waals surface area contributed by atoms with Crippen LogP contribution < -0.4 is 5.32 Å². The Labute approximate surface area is 117 Å². The van der Waals surface area contributed by atoms with Gasteiger partial charge in [-0.1, -0.05) is 0 Å².